The second-order valence-electron chi connectivity index (χ2n) is 2.16. The Kier molecular flexibility index (Phi) is 2.98. The first-order valence-corrected chi connectivity index (χ1v) is 7.38. The normalized spacial score (nSPS) is 34.3. The second kappa shape index (κ2) is 3.39. The molecule has 0 aromatic rings. The van der Waals surface area contributed by atoms with Crippen molar-refractivity contribution in [2.45, 2.75) is 0 Å². The molecule has 1 aliphatic rings. The van der Waals surface area contributed by atoms with E-state index in [-0.39, 0.29) is 0 Å². The molecule has 0 fully saturated rings. The zero-order valence-electron chi connectivity index (χ0n) is 6.47. The molecule has 0 saturated carbocycles. The summed E-state index contributed by atoms with van der Waals surface area (Å²) in [6.07, 6.45) is 0. The summed E-state index contributed by atoms with van der Waals surface area (Å²) >= 11 is 0. The van der Waals surface area contributed by atoms with E-state index in [0.29, 0.717) is 7.05 Å². The molecule has 1 N–H and O–H groups in total. The molecule has 14 heavy (non-hydrogen) atoms. The summed E-state index contributed by atoms with van der Waals surface area (Å²) in [5.74, 6) is 0. The monoisotopic (exact) mass is 276 g/mol. The fourth-order valence-electron chi connectivity index (χ4n) is 0.573. The van der Waals surface area contributed by atoms with Crippen LogP contribution in [0.15, 0.2) is 13.5 Å². The molecule has 5 nitrogen and oxygen atoms in total. The third-order valence-corrected chi connectivity index (χ3v) is 7.03. The van der Waals surface area contributed by atoms with Crippen molar-refractivity contribution in [2.75, 3.05) is 7.05 Å². The van der Waals surface area contributed by atoms with Crippen LogP contribution in [0.1, 0.15) is 0 Å². The summed E-state index contributed by atoms with van der Waals surface area (Å²) in [5.41, 5.74) is 0. The molecule has 0 aromatic heterocycles. The summed E-state index contributed by atoms with van der Waals surface area (Å²) < 4.78 is 69.2. The van der Waals surface area contributed by atoms with Gasteiger partial charge >= 0.3 is 23.3 Å². The van der Waals surface area contributed by atoms with Gasteiger partial charge in [0.15, 0.2) is 0 Å². The Morgan fingerprint density at radius 2 is 1.36 bits per heavy atom. The van der Waals surface area contributed by atoms with E-state index in [4.69, 9.17) is 5.21 Å². The molecule has 0 radical (unpaired) electrons. The molecule has 0 bridgehead atoms. The number of hydrogen-bond donors (Lipinski definition) is 1. The van der Waals surface area contributed by atoms with Gasteiger partial charge in [-0.1, -0.05) is 0 Å². The zero-order valence-corrected chi connectivity index (χ0v) is 9.15. The second-order valence-corrected chi connectivity index (χ2v) is 7.70. The number of rotatable bonds is 1. The van der Waals surface area contributed by atoms with Crippen molar-refractivity contribution in [2.24, 2.45) is 13.5 Å². The fraction of sp³-hybridized carbons (Fsp3) is 1.00. The fourth-order valence-corrected chi connectivity index (χ4v) is 6.12. The molecule has 0 saturated heterocycles. The first-order valence-electron chi connectivity index (χ1n) is 2.89. The SMILES string of the molecule is CN(O)P1(F)=NP(F)(F)=NP(F)(F)=N1. The van der Waals surface area contributed by atoms with E-state index >= 15 is 0 Å². The van der Waals surface area contributed by atoms with E-state index < -0.39 is 28.2 Å². The van der Waals surface area contributed by atoms with Gasteiger partial charge in [0.25, 0.3) is 0 Å². The molecular formula is CH4F5N4OP3. The Morgan fingerprint density at radius 3 is 1.71 bits per heavy atom. The third-order valence-electron chi connectivity index (χ3n) is 1.03. The highest BCUT2D eigenvalue weighted by atomic mass is 31.3. The lowest BCUT2D eigenvalue weighted by Gasteiger charge is -2.19. The van der Waals surface area contributed by atoms with E-state index in [1.54, 1.807) is 4.52 Å². The molecule has 1 unspecified atom stereocenters. The minimum atomic E-state index is -5.71. The summed E-state index contributed by atoms with van der Waals surface area (Å²) in [6.45, 7) is 0. The lowest BCUT2D eigenvalue weighted by Crippen LogP contribution is -2.04. The summed E-state index contributed by atoms with van der Waals surface area (Å²) in [6, 6.07) is 0. The van der Waals surface area contributed by atoms with Crippen molar-refractivity contribution < 1.29 is 26.2 Å². The molecule has 1 heterocycles. The molecule has 0 amide bonds. The molecule has 0 spiro atoms. The third kappa shape index (κ3) is 2.64. The quantitative estimate of drug-likeness (QED) is 0.415. The number of hydroxylamine groups is 1. The van der Waals surface area contributed by atoms with E-state index in [2.05, 4.69) is 9.03 Å². The van der Waals surface area contributed by atoms with Crippen molar-refractivity contribution >= 4 is 23.3 Å². The van der Waals surface area contributed by atoms with Crippen molar-refractivity contribution in [1.82, 2.24) is 4.83 Å². The molecular weight excluding hydrogens is 272 g/mol. The summed E-state index contributed by atoms with van der Waals surface area (Å²) in [5, 5.41) is 8.55. The van der Waals surface area contributed by atoms with E-state index in [1.807, 2.05) is 0 Å². The predicted octanol–water partition coefficient (Wildman–Crippen LogP) is 5.01. The maximum Gasteiger partial charge on any atom is 0.424 e. The van der Waals surface area contributed by atoms with Gasteiger partial charge in [-0.3, -0.25) is 0 Å². The van der Waals surface area contributed by atoms with Gasteiger partial charge in [0.1, 0.15) is 0 Å². The van der Waals surface area contributed by atoms with Crippen molar-refractivity contribution in [1.29, 1.82) is 0 Å². The van der Waals surface area contributed by atoms with Gasteiger partial charge < -0.3 is 5.21 Å². The Balaban J connectivity index is 3.49. The van der Waals surface area contributed by atoms with E-state index in [9.17, 15) is 21.0 Å². The smallest absolute Gasteiger partial charge is 0.305 e. The average Bonchev–Trinajstić information content (AvgIpc) is 1.76. The molecule has 1 aliphatic heterocycles. The summed E-state index contributed by atoms with van der Waals surface area (Å²) in [7, 11) is -15.9. The van der Waals surface area contributed by atoms with Gasteiger partial charge in [-0.25, -0.2) is 0 Å². The first kappa shape index (κ1) is 12.3. The van der Waals surface area contributed by atoms with E-state index in [0.717, 1.165) is 0 Å². The lowest BCUT2D eigenvalue weighted by molar-refractivity contribution is 0.0280. The largest absolute Gasteiger partial charge is 0.424 e. The van der Waals surface area contributed by atoms with Crippen LogP contribution in [0.2, 0.25) is 0 Å². The molecule has 0 aromatic carbocycles. The minimum absolute atomic E-state index is 0.441. The van der Waals surface area contributed by atoms with Crippen LogP contribution >= 0.6 is 23.3 Å². The zero-order chi connectivity index (χ0) is 11.2. The summed E-state index contributed by atoms with van der Waals surface area (Å²) in [4.78, 5) is -0.441. The van der Waals surface area contributed by atoms with Gasteiger partial charge in [0.2, 0.25) is 0 Å². The van der Waals surface area contributed by atoms with Gasteiger partial charge in [-0.15, -0.1) is 35.2 Å². The van der Waals surface area contributed by atoms with Crippen molar-refractivity contribution in [3.05, 3.63) is 0 Å². The molecule has 1 atom stereocenters. The maximum atomic E-state index is 13.2. The first-order chi connectivity index (χ1) is 6.06. The van der Waals surface area contributed by atoms with Crippen molar-refractivity contribution in [3.8, 4) is 0 Å². The van der Waals surface area contributed by atoms with Crippen LogP contribution in [0.5, 0.6) is 0 Å². The average molecular weight is 276 g/mol. The minimum Gasteiger partial charge on any atom is -0.305 e. The van der Waals surface area contributed by atoms with Crippen LogP contribution < -0.4 is 0 Å². The molecule has 1 rings (SSSR count). The molecule has 13 heteroatoms. The molecule has 84 valence electrons. The Labute approximate surface area is 75.9 Å². The highest BCUT2D eigenvalue weighted by molar-refractivity contribution is 7.78. The van der Waals surface area contributed by atoms with Crippen LogP contribution in [-0.4, -0.2) is 17.1 Å². The van der Waals surface area contributed by atoms with Gasteiger partial charge in [0, 0.05) is 7.05 Å². The maximum absolute atomic E-state index is 13.2. The lowest BCUT2D eigenvalue weighted by atomic mass is 11.6. The van der Waals surface area contributed by atoms with Gasteiger partial charge in [-0.2, -0.15) is 4.20 Å². The van der Waals surface area contributed by atoms with Crippen LogP contribution in [0.3, 0.4) is 0 Å². The van der Waals surface area contributed by atoms with Crippen molar-refractivity contribution in [3.63, 3.8) is 0 Å². The molecule has 0 aliphatic carbocycles. The number of halogens is 5. The standard InChI is InChI=1S/CH4F5N4OP3/c1-10(11)14(6)8-12(2,3)7-13(4,5)9-14/h11H,1H3. The van der Waals surface area contributed by atoms with Gasteiger partial charge in [0.05, 0.1) is 0 Å². The Morgan fingerprint density at radius 1 is 0.929 bits per heavy atom. The van der Waals surface area contributed by atoms with Crippen LogP contribution in [0.4, 0.5) is 21.0 Å². The van der Waals surface area contributed by atoms with Crippen LogP contribution in [0, 0.1) is 0 Å². The number of nitrogens with zero attached hydrogens (tertiary/aromatic N) is 4. The Hall–Kier alpha value is 0.260. The number of hydrogen-bond acceptors (Lipinski definition) is 5. The Bertz CT molecular complexity index is 396. The predicted molar refractivity (Wildman–Crippen MR) is 43.1 cm³/mol. The van der Waals surface area contributed by atoms with Gasteiger partial charge in [-0.05, 0) is 0 Å². The van der Waals surface area contributed by atoms with Crippen LogP contribution in [0.25, 0.3) is 0 Å². The highest BCUT2D eigenvalue weighted by Gasteiger charge is 2.41. The van der Waals surface area contributed by atoms with E-state index in [1.165, 1.54) is 0 Å². The highest BCUT2D eigenvalue weighted by Crippen LogP contribution is 2.81. The topological polar surface area (TPSA) is 60.5 Å². The van der Waals surface area contributed by atoms with Crippen LogP contribution in [-0.2, 0) is 0 Å².